The van der Waals surface area contributed by atoms with Gasteiger partial charge < -0.3 is 29.7 Å². The second kappa shape index (κ2) is 13.8. The third-order valence-corrected chi connectivity index (χ3v) is 7.14. The number of nitrogens with one attached hydrogen (secondary N) is 1. The number of carbonyl (C=O) groups excluding carboxylic acids is 2. The summed E-state index contributed by atoms with van der Waals surface area (Å²) >= 11 is 0. The highest BCUT2D eigenvalue weighted by atomic mass is 16.6. The van der Waals surface area contributed by atoms with Crippen molar-refractivity contribution in [3.63, 3.8) is 0 Å². The summed E-state index contributed by atoms with van der Waals surface area (Å²) in [5.41, 5.74) is 3.54. The summed E-state index contributed by atoms with van der Waals surface area (Å²) in [6.07, 6.45) is 2.51. The zero-order chi connectivity index (χ0) is 26.9. The standard InChI is InChI=1S/C28H41N5O5/c1-3-23-25-24(10-5-17-37-18-6-11-29-26(25)34)33(30-23)12-7-19-38-28(36)22-9-4-8-21(20-22)27(35)32-15-13-31(2)14-16-32/h4,8-9,20,28,36H,3,5-7,10-19H2,1-2H3,(H,29,34). The van der Waals surface area contributed by atoms with Crippen molar-refractivity contribution in [1.29, 1.82) is 0 Å². The Morgan fingerprint density at radius 3 is 2.79 bits per heavy atom. The van der Waals surface area contributed by atoms with Crippen LogP contribution in [0.3, 0.4) is 0 Å². The number of ether oxygens (including phenoxy) is 2. The van der Waals surface area contributed by atoms with Crippen molar-refractivity contribution in [3.05, 3.63) is 52.3 Å². The number of carbonyl (C=O) groups is 2. The summed E-state index contributed by atoms with van der Waals surface area (Å²) in [6.45, 7) is 7.89. The lowest BCUT2D eigenvalue weighted by Gasteiger charge is -2.32. The van der Waals surface area contributed by atoms with Gasteiger partial charge in [0.2, 0.25) is 0 Å². The van der Waals surface area contributed by atoms with Crippen LogP contribution in [-0.2, 0) is 28.9 Å². The van der Waals surface area contributed by atoms with Gasteiger partial charge in [-0.3, -0.25) is 14.3 Å². The molecule has 38 heavy (non-hydrogen) atoms. The normalized spacial score (nSPS) is 18.4. The van der Waals surface area contributed by atoms with E-state index in [0.717, 1.165) is 37.3 Å². The van der Waals surface area contributed by atoms with Gasteiger partial charge in [0.15, 0.2) is 6.29 Å². The highest BCUT2D eigenvalue weighted by Crippen LogP contribution is 2.21. The smallest absolute Gasteiger partial charge is 0.255 e. The van der Waals surface area contributed by atoms with Crippen molar-refractivity contribution in [2.45, 2.75) is 51.9 Å². The molecule has 1 saturated heterocycles. The molecule has 1 atom stereocenters. The van der Waals surface area contributed by atoms with Crippen LogP contribution >= 0.6 is 0 Å². The first kappa shape index (κ1) is 28.2. The van der Waals surface area contributed by atoms with Gasteiger partial charge in [-0.25, -0.2) is 0 Å². The number of aliphatic hydroxyl groups excluding tert-OH is 1. The topological polar surface area (TPSA) is 109 Å². The molecule has 1 aromatic heterocycles. The van der Waals surface area contributed by atoms with Crippen LogP contribution in [0, 0.1) is 0 Å². The average molecular weight is 528 g/mol. The number of aromatic nitrogens is 2. The summed E-state index contributed by atoms with van der Waals surface area (Å²) in [4.78, 5) is 29.9. The van der Waals surface area contributed by atoms with Gasteiger partial charge in [0.25, 0.3) is 11.8 Å². The van der Waals surface area contributed by atoms with E-state index in [1.807, 2.05) is 16.5 Å². The van der Waals surface area contributed by atoms with Crippen molar-refractivity contribution in [2.75, 3.05) is 59.6 Å². The van der Waals surface area contributed by atoms with Crippen LogP contribution < -0.4 is 5.32 Å². The van der Waals surface area contributed by atoms with E-state index in [4.69, 9.17) is 14.6 Å². The fourth-order valence-electron chi connectivity index (χ4n) is 4.93. The maximum absolute atomic E-state index is 12.9. The Morgan fingerprint density at radius 2 is 2.00 bits per heavy atom. The van der Waals surface area contributed by atoms with Crippen LogP contribution in [0.5, 0.6) is 0 Å². The SMILES string of the molecule is CCc1nn(CCCOC(O)c2cccc(C(=O)N3CCN(C)CC3)c2)c2c1C(=O)NCCCOCCC2. The van der Waals surface area contributed by atoms with Crippen molar-refractivity contribution in [2.24, 2.45) is 0 Å². The molecule has 0 spiro atoms. The van der Waals surface area contributed by atoms with Gasteiger partial charge in [-0.2, -0.15) is 5.10 Å². The molecule has 2 N–H and O–H groups in total. The molecule has 2 aliphatic rings. The third-order valence-electron chi connectivity index (χ3n) is 7.14. The van der Waals surface area contributed by atoms with E-state index in [1.54, 1.807) is 24.3 Å². The number of aryl methyl sites for hydroxylation is 2. The Labute approximate surface area is 224 Å². The Hall–Kier alpha value is -2.79. The minimum Gasteiger partial charge on any atom is -0.381 e. The van der Waals surface area contributed by atoms with E-state index in [1.165, 1.54) is 0 Å². The van der Waals surface area contributed by atoms with Crippen LogP contribution in [-0.4, -0.2) is 96.1 Å². The number of hydrogen-bond acceptors (Lipinski definition) is 7. The minimum absolute atomic E-state index is 0.0225. The molecule has 0 saturated carbocycles. The monoisotopic (exact) mass is 527 g/mol. The van der Waals surface area contributed by atoms with Crippen LogP contribution in [0.1, 0.15) is 70.1 Å². The van der Waals surface area contributed by atoms with E-state index in [9.17, 15) is 14.7 Å². The van der Waals surface area contributed by atoms with Crippen LogP contribution in [0.4, 0.5) is 0 Å². The first-order valence-corrected chi connectivity index (χ1v) is 13.8. The van der Waals surface area contributed by atoms with Gasteiger partial charge in [-0.1, -0.05) is 19.1 Å². The van der Waals surface area contributed by atoms with Gasteiger partial charge in [-0.15, -0.1) is 0 Å². The highest BCUT2D eigenvalue weighted by Gasteiger charge is 2.24. The predicted octanol–water partition coefficient (Wildman–Crippen LogP) is 2.01. The Balaban J connectivity index is 1.34. The third kappa shape index (κ3) is 7.19. The summed E-state index contributed by atoms with van der Waals surface area (Å²) < 4.78 is 13.3. The molecule has 1 fully saturated rings. The van der Waals surface area contributed by atoms with Crippen molar-refractivity contribution < 1.29 is 24.2 Å². The first-order valence-electron chi connectivity index (χ1n) is 13.8. The lowest BCUT2D eigenvalue weighted by molar-refractivity contribution is -0.104. The molecule has 2 aliphatic heterocycles. The number of likely N-dealkylation sites (N-methyl/N-ethyl adjacent to an activating group) is 1. The average Bonchev–Trinajstić information content (AvgIpc) is 3.27. The van der Waals surface area contributed by atoms with E-state index in [0.29, 0.717) is 82.0 Å². The number of aliphatic hydroxyl groups is 1. The summed E-state index contributed by atoms with van der Waals surface area (Å²) in [5, 5.41) is 18.4. The molecule has 3 heterocycles. The van der Waals surface area contributed by atoms with Gasteiger partial charge in [0.05, 0.1) is 23.6 Å². The van der Waals surface area contributed by atoms with Gasteiger partial charge >= 0.3 is 0 Å². The second-order valence-electron chi connectivity index (χ2n) is 9.97. The fraction of sp³-hybridized carbons (Fsp3) is 0.607. The number of amides is 2. The van der Waals surface area contributed by atoms with Crippen molar-refractivity contribution in [3.8, 4) is 0 Å². The van der Waals surface area contributed by atoms with Crippen LogP contribution in [0.15, 0.2) is 24.3 Å². The van der Waals surface area contributed by atoms with E-state index < -0.39 is 6.29 Å². The van der Waals surface area contributed by atoms with E-state index >= 15 is 0 Å². The number of fused-ring (bicyclic) bond motifs is 1. The molecule has 0 bridgehead atoms. The maximum Gasteiger partial charge on any atom is 0.255 e. The molecule has 208 valence electrons. The van der Waals surface area contributed by atoms with Gasteiger partial charge in [-0.05, 0) is 51.3 Å². The first-order chi connectivity index (χ1) is 18.5. The lowest BCUT2D eigenvalue weighted by atomic mass is 10.1. The molecular weight excluding hydrogens is 486 g/mol. The molecule has 10 nitrogen and oxygen atoms in total. The zero-order valence-electron chi connectivity index (χ0n) is 22.7. The molecule has 4 rings (SSSR count). The Bertz CT molecular complexity index is 1080. The molecule has 0 radical (unpaired) electrons. The second-order valence-corrected chi connectivity index (χ2v) is 9.97. The molecule has 2 aromatic rings. The highest BCUT2D eigenvalue weighted by molar-refractivity contribution is 5.96. The number of benzene rings is 1. The Morgan fingerprint density at radius 1 is 1.21 bits per heavy atom. The molecule has 2 amide bonds. The van der Waals surface area contributed by atoms with Crippen LogP contribution in [0.2, 0.25) is 0 Å². The summed E-state index contributed by atoms with van der Waals surface area (Å²) in [6, 6.07) is 7.04. The fourth-order valence-corrected chi connectivity index (χ4v) is 4.93. The summed E-state index contributed by atoms with van der Waals surface area (Å²) in [7, 11) is 2.05. The molecular formula is C28H41N5O5. The quantitative estimate of drug-likeness (QED) is 0.399. The van der Waals surface area contributed by atoms with Crippen LogP contribution in [0.25, 0.3) is 0 Å². The molecule has 1 aromatic carbocycles. The number of hydrogen-bond donors (Lipinski definition) is 2. The number of rotatable bonds is 8. The summed E-state index contributed by atoms with van der Waals surface area (Å²) in [5.74, 6) is -0.0895. The molecule has 1 unspecified atom stereocenters. The van der Waals surface area contributed by atoms with E-state index in [2.05, 4.69) is 17.3 Å². The molecule has 10 heteroatoms. The van der Waals surface area contributed by atoms with Crippen molar-refractivity contribution in [1.82, 2.24) is 24.9 Å². The number of nitrogens with zero attached hydrogens (tertiary/aromatic N) is 4. The maximum atomic E-state index is 12.9. The van der Waals surface area contributed by atoms with Crippen molar-refractivity contribution >= 4 is 11.8 Å². The largest absolute Gasteiger partial charge is 0.381 e. The Kier molecular flexibility index (Phi) is 10.3. The minimum atomic E-state index is -1.13. The van der Waals surface area contributed by atoms with E-state index in [-0.39, 0.29) is 11.8 Å². The lowest BCUT2D eigenvalue weighted by Crippen LogP contribution is -2.47. The number of piperazine rings is 1. The zero-order valence-corrected chi connectivity index (χ0v) is 22.7. The van der Waals surface area contributed by atoms with Gasteiger partial charge in [0, 0.05) is 63.6 Å². The molecule has 0 aliphatic carbocycles. The predicted molar refractivity (Wildman–Crippen MR) is 143 cm³/mol. The van der Waals surface area contributed by atoms with Gasteiger partial charge in [0.1, 0.15) is 0 Å².